The molecule has 1 aromatic rings. The van der Waals surface area contributed by atoms with Gasteiger partial charge < -0.3 is 5.32 Å². The summed E-state index contributed by atoms with van der Waals surface area (Å²) < 4.78 is 13.6. The van der Waals surface area contributed by atoms with Crippen LogP contribution in [-0.2, 0) is 6.42 Å². The summed E-state index contributed by atoms with van der Waals surface area (Å²) in [5, 5.41) is 3.43. The predicted molar refractivity (Wildman–Crippen MR) is 58.8 cm³/mol. The maximum atomic E-state index is 12.8. The molecule has 1 N–H and O–H groups in total. The first kappa shape index (κ1) is 10.1. The van der Waals surface area contributed by atoms with Crippen molar-refractivity contribution in [3.8, 4) is 0 Å². The van der Waals surface area contributed by atoms with Crippen molar-refractivity contribution < 1.29 is 4.39 Å². The van der Waals surface area contributed by atoms with E-state index in [2.05, 4.69) is 21.2 Å². The van der Waals surface area contributed by atoms with Gasteiger partial charge in [0.2, 0.25) is 0 Å². The van der Waals surface area contributed by atoms with E-state index in [1.807, 2.05) is 6.07 Å². The minimum atomic E-state index is -0.184. The second-order valence-corrected chi connectivity index (χ2v) is 4.57. The summed E-state index contributed by atoms with van der Waals surface area (Å²) in [6.45, 7) is 0.981. The summed E-state index contributed by atoms with van der Waals surface area (Å²) in [5.41, 5.74) is 1.17. The van der Waals surface area contributed by atoms with Gasteiger partial charge in [0.15, 0.2) is 0 Å². The molecule has 0 spiro atoms. The Morgan fingerprint density at radius 3 is 2.86 bits per heavy atom. The van der Waals surface area contributed by atoms with Crippen molar-refractivity contribution in [3.05, 3.63) is 34.1 Å². The number of hydrogen-bond acceptors (Lipinski definition) is 1. The average molecular weight is 258 g/mol. The SMILES string of the molecule is Fc1ccc(CCNC2CC2)c(Br)c1. The third-order valence-corrected chi connectivity index (χ3v) is 3.16. The highest BCUT2D eigenvalue weighted by atomic mass is 79.9. The van der Waals surface area contributed by atoms with Crippen LogP contribution in [-0.4, -0.2) is 12.6 Å². The Morgan fingerprint density at radius 2 is 2.21 bits per heavy atom. The molecule has 1 saturated carbocycles. The van der Waals surface area contributed by atoms with Crippen molar-refractivity contribution in [2.75, 3.05) is 6.54 Å². The molecule has 76 valence electrons. The minimum Gasteiger partial charge on any atom is -0.314 e. The Labute approximate surface area is 91.8 Å². The third kappa shape index (κ3) is 2.79. The largest absolute Gasteiger partial charge is 0.314 e. The lowest BCUT2D eigenvalue weighted by Crippen LogP contribution is -2.19. The normalized spacial score (nSPS) is 15.9. The molecule has 0 atom stereocenters. The second-order valence-electron chi connectivity index (χ2n) is 3.71. The highest BCUT2D eigenvalue weighted by Crippen LogP contribution is 2.20. The van der Waals surface area contributed by atoms with Crippen LogP contribution in [0.1, 0.15) is 18.4 Å². The Bertz CT molecular complexity index is 323. The van der Waals surface area contributed by atoms with Gasteiger partial charge in [0.05, 0.1) is 0 Å². The fourth-order valence-corrected chi connectivity index (χ4v) is 1.97. The number of rotatable bonds is 4. The second kappa shape index (κ2) is 4.41. The lowest BCUT2D eigenvalue weighted by atomic mass is 10.1. The molecule has 0 aromatic heterocycles. The first-order valence-electron chi connectivity index (χ1n) is 4.93. The highest BCUT2D eigenvalue weighted by molar-refractivity contribution is 9.10. The Balaban J connectivity index is 1.87. The molecule has 0 saturated heterocycles. The monoisotopic (exact) mass is 257 g/mol. The molecule has 0 bridgehead atoms. The molecule has 1 fully saturated rings. The van der Waals surface area contributed by atoms with Gasteiger partial charge in [-0.15, -0.1) is 0 Å². The zero-order chi connectivity index (χ0) is 9.97. The fraction of sp³-hybridized carbons (Fsp3) is 0.455. The number of benzene rings is 1. The quantitative estimate of drug-likeness (QED) is 0.875. The van der Waals surface area contributed by atoms with Crippen molar-refractivity contribution in [1.29, 1.82) is 0 Å². The molecular formula is C11H13BrFN. The van der Waals surface area contributed by atoms with Gasteiger partial charge in [0, 0.05) is 10.5 Å². The minimum absolute atomic E-state index is 0.184. The summed E-state index contributed by atoms with van der Waals surface area (Å²) in [7, 11) is 0. The molecule has 0 unspecified atom stereocenters. The summed E-state index contributed by atoms with van der Waals surface area (Å²) in [5.74, 6) is -0.184. The van der Waals surface area contributed by atoms with Crippen LogP contribution in [0.25, 0.3) is 0 Å². The van der Waals surface area contributed by atoms with Crippen LogP contribution in [0.15, 0.2) is 22.7 Å². The van der Waals surface area contributed by atoms with Crippen molar-refractivity contribution in [1.82, 2.24) is 5.32 Å². The molecule has 2 rings (SSSR count). The standard InChI is InChI=1S/C11H13BrFN/c12-11-7-9(13)2-1-8(11)5-6-14-10-3-4-10/h1-2,7,10,14H,3-6H2. The Morgan fingerprint density at radius 1 is 1.43 bits per heavy atom. The van der Waals surface area contributed by atoms with Gasteiger partial charge in [0.25, 0.3) is 0 Å². The van der Waals surface area contributed by atoms with Crippen LogP contribution in [0, 0.1) is 5.82 Å². The van der Waals surface area contributed by atoms with Crippen LogP contribution in [0.5, 0.6) is 0 Å². The Kier molecular flexibility index (Phi) is 3.19. The number of nitrogens with one attached hydrogen (secondary N) is 1. The van der Waals surface area contributed by atoms with Gasteiger partial charge in [-0.25, -0.2) is 4.39 Å². The van der Waals surface area contributed by atoms with Crippen molar-refractivity contribution in [2.45, 2.75) is 25.3 Å². The van der Waals surface area contributed by atoms with Gasteiger partial charge in [-0.2, -0.15) is 0 Å². The van der Waals surface area contributed by atoms with E-state index in [1.54, 1.807) is 0 Å². The molecule has 0 aliphatic heterocycles. The van der Waals surface area contributed by atoms with Crippen LogP contribution < -0.4 is 5.32 Å². The molecule has 3 heteroatoms. The molecule has 1 aliphatic carbocycles. The van der Waals surface area contributed by atoms with Crippen LogP contribution in [0.2, 0.25) is 0 Å². The molecule has 1 nitrogen and oxygen atoms in total. The zero-order valence-electron chi connectivity index (χ0n) is 7.89. The smallest absolute Gasteiger partial charge is 0.124 e. The van der Waals surface area contributed by atoms with E-state index >= 15 is 0 Å². The van der Waals surface area contributed by atoms with Gasteiger partial charge in [0.1, 0.15) is 5.82 Å². The molecule has 1 aliphatic rings. The van der Waals surface area contributed by atoms with Gasteiger partial charge in [-0.3, -0.25) is 0 Å². The van der Waals surface area contributed by atoms with E-state index in [9.17, 15) is 4.39 Å². The lowest BCUT2D eigenvalue weighted by molar-refractivity contribution is 0.624. The first-order valence-corrected chi connectivity index (χ1v) is 5.72. The van der Waals surface area contributed by atoms with E-state index in [0.717, 1.165) is 23.5 Å². The van der Waals surface area contributed by atoms with Gasteiger partial charge in [-0.1, -0.05) is 22.0 Å². The van der Waals surface area contributed by atoms with Crippen molar-refractivity contribution >= 4 is 15.9 Å². The molecule has 0 radical (unpaired) electrons. The average Bonchev–Trinajstić information content (AvgIpc) is 2.92. The molecule has 0 heterocycles. The third-order valence-electron chi connectivity index (χ3n) is 2.42. The van der Waals surface area contributed by atoms with E-state index in [-0.39, 0.29) is 5.82 Å². The maximum Gasteiger partial charge on any atom is 0.124 e. The van der Waals surface area contributed by atoms with Gasteiger partial charge >= 0.3 is 0 Å². The summed E-state index contributed by atoms with van der Waals surface area (Å²) in [6, 6.07) is 5.62. The maximum absolute atomic E-state index is 12.8. The number of halogens is 2. The topological polar surface area (TPSA) is 12.0 Å². The molecule has 0 amide bonds. The van der Waals surface area contributed by atoms with Crippen molar-refractivity contribution in [2.24, 2.45) is 0 Å². The highest BCUT2D eigenvalue weighted by Gasteiger charge is 2.19. The summed E-state index contributed by atoms with van der Waals surface area (Å²) >= 11 is 3.36. The lowest BCUT2D eigenvalue weighted by Gasteiger charge is -2.05. The van der Waals surface area contributed by atoms with Crippen LogP contribution >= 0.6 is 15.9 Å². The van der Waals surface area contributed by atoms with Gasteiger partial charge in [-0.05, 0) is 43.5 Å². The van der Waals surface area contributed by atoms with Crippen LogP contribution in [0.3, 0.4) is 0 Å². The van der Waals surface area contributed by atoms with E-state index < -0.39 is 0 Å². The number of hydrogen-bond donors (Lipinski definition) is 1. The first-order chi connectivity index (χ1) is 6.75. The molecular weight excluding hydrogens is 245 g/mol. The van der Waals surface area contributed by atoms with Crippen molar-refractivity contribution in [3.63, 3.8) is 0 Å². The molecule has 14 heavy (non-hydrogen) atoms. The summed E-state index contributed by atoms with van der Waals surface area (Å²) in [4.78, 5) is 0. The fourth-order valence-electron chi connectivity index (χ4n) is 1.42. The van der Waals surface area contributed by atoms with E-state index in [4.69, 9.17) is 0 Å². The van der Waals surface area contributed by atoms with Crippen LogP contribution in [0.4, 0.5) is 4.39 Å². The van der Waals surface area contributed by atoms with E-state index in [0.29, 0.717) is 0 Å². The van der Waals surface area contributed by atoms with E-state index in [1.165, 1.54) is 30.5 Å². The summed E-state index contributed by atoms with van der Waals surface area (Å²) in [6.07, 6.45) is 3.58. The predicted octanol–water partition coefficient (Wildman–Crippen LogP) is 2.88. The zero-order valence-corrected chi connectivity index (χ0v) is 9.48. The molecule has 1 aromatic carbocycles. The Hall–Kier alpha value is -0.410.